The standard InChI is InChI=1S/C35H35F/c1-3-5-7-9-32-23-24-33-26-31(22-25-34(33)35(32)36)21-20-30-18-16-29(17-19-30)15-14-28-12-10-27(11-13-28)8-6-4-2/h4,10-13,16-19,22-26H,2-3,5-9,14-15H2,1H3. The van der Waals surface area contributed by atoms with Crippen LogP contribution in [0, 0.1) is 17.7 Å². The van der Waals surface area contributed by atoms with Crippen LogP contribution in [-0.2, 0) is 25.7 Å². The maximum atomic E-state index is 14.9. The van der Waals surface area contributed by atoms with Crippen LogP contribution >= 0.6 is 0 Å². The Morgan fingerprint density at radius 1 is 0.694 bits per heavy atom. The molecular formula is C35H35F. The molecule has 4 aromatic rings. The summed E-state index contributed by atoms with van der Waals surface area (Å²) in [5.74, 6) is 6.43. The molecule has 0 radical (unpaired) electrons. The summed E-state index contributed by atoms with van der Waals surface area (Å²) >= 11 is 0. The largest absolute Gasteiger partial charge is 0.206 e. The zero-order valence-corrected chi connectivity index (χ0v) is 21.3. The van der Waals surface area contributed by atoms with E-state index in [1.165, 1.54) is 16.7 Å². The van der Waals surface area contributed by atoms with Gasteiger partial charge in [0.2, 0.25) is 0 Å². The Kier molecular flexibility index (Phi) is 9.12. The monoisotopic (exact) mass is 474 g/mol. The first kappa shape index (κ1) is 25.5. The lowest BCUT2D eigenvalue weighted by molar-refractivity contribution is 0.609. The fourth-order valence-electron chi connectivity index (χ4n) is 4.50. The molecule has 0 unspecified atom stereocenters. The molecule has 0 saturated heterocycles. The van der Waals surface area contributed by atoms with Gasteiger partial charge in [-0.05, 0) is 90.4 Å². The number of allylic oxidation sites excluding steroid dienone is 1. The first-order valence-electron chi connectivity index (χ1n) is 13.2. The fourth-order valence-corrected chi connectivity index (χ4v) is 4.50. The lowest BCUT2D eigenvalue weighted by Gasteiger charge is -2.07. The lowest BCUT2D eigenvalue weighted by Crippen LogP contribution is -1.93. The van der Waals surface area contributed by atoms with E-state index in [1.807, 2.05) is 36.4 Å². The molecule has 0 amide bonds. The first-order valence-corrected chi connectivity index (χ1v) is 13.2. The maximum Gasteiger partial charge on any atom is 0.134 e. The summed E-state index contributed by atoms with van der Waals surface area (Å²) in [6, 6.07) is 27.2. The van der Waals surface area contributed by atoms with Gasteiger partial charge in [-0.15, -0.1) is 6.58 Å². The molecule has 0 aromatic heterocycles. The average Bonchev–Trinajstić information content (AvgIpc) is 2.92. The van der Waals surface area contributed by atoms with Gasteiger partial charge in [-0.2, -0.15) is 0 Å². The van der Waals surface area contributed by atoms with Crippen molar-refractivity contribution in [3.05, 3.63) is 131 Å². The molecule has 0 nitrogen and oxygen atoms in total. The molecule has 0 aliphatic heterocycles. The van der Waals surface area contributed by atoms with Gasteiger partial charge >= 0.3 is 0 Å². The minimum atomic E-state index is -0.0812. The van der Waals surface area contributed by atoms with E-state index in [9.17, 15) is 4.39 Å². The number of rotatable bonds is 10. The summed E-state index contributed by atoms with van der Waals surface area (Å²) in [5, 5.41) is 1.59. The summed E-state index contributed by atoms with van der Waals surface area (Å²) < 4.78 is 14.9. The molecule has 182 valence electrons. The van der Waals surface area contributed by atoms with Crippen LogP contribution in [0.25, 0.3) is 10.8 Å². The van der Waals surface area contributed by atoms with Crippen molar-refractivity contribution in [1.29, 1.82) is 0 Å². The predicted octanol–water partition coefficient (Wildman–Crippen LogP) is 9.02. The summed E-state index contributed by atoms with van der Waals surface area (Å²) in [6.45, 7) is 5.96. The van der Waals surface area contributed by atoms with Crippen molar-refractivity contribution >= 4 is 10.8 Å². The second-order valence-corrected chi connectivity index (χ2v) is 9.52. The van der Waals surface area contributed by atoms with Gasteiger partial charge in [0.15, 0.2) is 0 Å². The van der Waals surface area contributed by atoms with Crippen LogP contribution < -0.4 is 0 Å². The van der Waals surface area contributed by atoms with Crippen molar-refractivity contribution in [3.63, 3.8) is 0 Å². The Bertz CT molecular complexity index is 1350. The van der Waals surface area contributed by atoms with Gasteiger partial charge in [-0.3, -0.25) is 0 Å². The van der Waals surface area contributed by atoms with Gasteiger partial charge in [0.25, 0.3) is 0 Å². The highest BCUT2D eigenvalue weighted by atomic mass is 19.1. The van der Waals surface area contributed by atoms with E-state index in [1.54, 1.807) is 0 Å². The van der Waals surface area contributed by atoms with Crippen molar-refractivity contribution in [2.75, 3.05) is 0 Å². The number of fused-ring (bicyclic) bond motifs is 1. The van der Waals surface area contributed by atoms with E-state index in [0.717, 1.165) is 73.4 Å². The second kappa shape index (κ2) is 12.9. The van der Waals surface area contributed by atoms with Gasteiger partial charge < -0.3 is 0 Å². The fraction of sp³-hybridized carbons (Fsp3) is 0.257. The van der Waals surface area contributed by atoms with Crippen LogP contribution in [0.1, 0.15) is 66.0 Å². The third-order valence-corrected chi connectivity index (χ3v) is 6.75. The Balaban J connectivity index is 1.36. The molecule has 0 aliphatic carbocycles. The van der Waals surface area contributed by atoms with Crippen molar-refractivity contribution in [3.8, 4) is 11.8 Å². The van der Waals surface area contributed by atoms with E-state index >= 15 is 0 Å². The van der Waals surface area contributed by atoms with Crippen LogP contribution in [0.4, 0.5) is 4.39 Å². The molecular weight excluding hydrogens is 439 g/mol. The van der Waals surface area contributed by atoms with E-state index in [-0.39, 0.29) is 5.82 Å². The molecule has 0 saturated carbocycles. The van der Waals surface area contributed by atoms with Crippen LogP contribution in [0.5, 0.6) is 0 Å². The molecule has 0 aliphatic rings. The van der Waals surface area contributed by atoms with Gasteiger partial charge in [0.05, 0.1) is 0 Å². The quantitative estimate of drug-likeness (QED) is 0.122. The smallest absolute Gasteiger partial charge is 0.134 e. The predicted molar refractivity (Wildman–Crippen MR) is 152 cm³/mol. The number of benzene rings is 4. The molecule has 0 heterocycles. The normalized spacial score (nSPS) is 10.7. The Hall–Kier alpha value is -3.63. The van der Waals surface area contributed by atoms with E-state index < -0.39 is 0 Å². The average molecular weight is 475 g/mol. The minimum Gasteiger partial charge on any atom is -0.206 e. The Morgan fingerprint density at radius 2 is 1.31 bits per heavy atom. The number of aryl methyl sites for hydroxylation is 4. The van der Waals surface area contributed by atoms with Crippen molar-refractivity contribution in [2.24, 2.45) is 0 Å². The highest BCUT2D eigenvalue weighted by Gasteiger charge is 2.07. The summed E-state index contributed by atoms with van der Waals surface area (Å²) in [7, 11) is 0. The Labute approximate surface area is 215 Å². The highest BCUT2D eigenvalue weighted by Crippen LogP contribution is 2.24. The van der Waals surface area contributed by atoms with E-state index in [2.05, 4.69) is 73.9 Å². The summed E-state index contributed by atoms with van der Waals surface area (Å²) in [4.78, 5) is 0. The zero-order valence-electron chi connectivity index (χ0n) is 21.3. The molecule has 0 atom stereocenters. The summed E-state index contributed by atoms with van der Waals surface area (Å²) in [6.07, 6.45) is 10.2. The van der Waals surface area contributed by atoms with Gasteiger partial charge in [0.1, 0.15) is 5.82 Å². The van der Waals surface area contributed by atoms with Crippen molar-refractivity contribution in [1.82, 2.24) is 0 Å². The van der Waals surface area contributed by atoms with Crippen LogP contribution in [0.15, 0.2) is 91.5 Å². The van der Waals surface area contributed by atoms with Gasteiger partial charge in [0, 0.05) is 16.5 Å². The zero-order chi connectivity index (χ0) is 25.2. The highest BCUT2D eigenvalue weighted by molar-refractivity contribution is 5.85. The topological polar surface area (TPSA) is 0 Å². The van der Waals surface area contributed by atoms with Crippen LogP contribution in [0.2, 0.25) is 0 Å². The third kappa shape index (κ3) is 6.96. The molecule has 1 heteroatoms. The van der Waals surface area contributed by atoms with E-state index in [4.69, 9.17) is 0 Å². The first-order chi connectivity index (χ1) is 17.7. The molecule has 0 bridgehead atoms. The summed E-state index contributed by atoms with van der Waals surface area (Å²) in [5.41, 5.74) is 6.75. The lowest BCUT2D eigenvalue weighted by atomic mass is 10.00. The van der Waals surface area contributed by atoms with Gasteiger partial charge in [-0.25, -0.2) is 4.39 Å². The Morgan fingerprint density at radius 3 is 1.97 bits per heavy atom. The van der Waals surface area contributed by atoms with Crippen molar-refractivity contribution in [2.45, 2.75) is 58.3 Å². The number of hydrogen-bond donors (Lipinski definition) is 0. The molecule has 0 spiro atoms. The van der Waals surface area contributed by atoms with Crippen molar-refractivity contribution < 1.29 is 4.39 Å². The van der Waals surface area contributed by atoms with Crippen LogP contribution in [-0.4, -0.2) is 0 Å². The number of hydrogen-bond acceptors (Lipinski definition) is 0. The SMILES string of the molecule is C=CCCc1ccc(CCc2ccc(C#Cc3ccc4c(F)c(CCCCC)ccc4c3)cc2)cc1. The number of unbranched alkanes of at least 4 members (excludes halogenated alkanes) is 2. The molecule has 4 rings (SSSR count). The maximum absolute atomic E-state index is 14.9. The molecule has 36 heavy (non-hydrogen) atoms. The van der Waals surface area contributed by atoms with E-state index in [0.29, 0.717) is 5.39 Å². The number of halogens is 1. The van der Waals surface area contributed by atoms with Crippen LogP contribution in [0.3, 0.4) is 0 Å². The second-order valence-electron chi connectivity index (χ2n) is 9.52. The minimum absolute atomic E-state index is 0.0812. The molecule has 4 aromatic carbocycles. The molecule has 0 N–H and O–H groups in total. The third-order valence-electron chi connectivity index (χ3n) is 6.75. The van der Waals surface area contributed by atoms with Gasteiger partial charge in [-0.1, -0.05) is 92.3 Å². The molecule has 0 fully saturated rings.